The zero-order valence-corrected chi connectivity index (χ0v) is 15.9. The molecular weight excluding hydrogens is 386 g/mol. The Morgan fingerprint density at radius 2 is 2.04 bits per heavy atom. The number of hydrogen-bond acceptors (Lipinski definition) is 5. The summed E-state index contributed by atoms with van der Waals surface area (Å²) in [5, 5.41) is 14.7. The van der Waals surface area contributed by atoms with Gasteiger partial charge in [0.2, 0.25) is 15.9 Å². The van der Waals surface area contributed by atoms with Crippen LogP contribution in [0.25, 0.3) is 0 Å². The molecule has 25 heavy (non-hydrogen) atoms. The normalized spacial score (nSPS) is 11.5. The van der Waals surface area contributed by atoms with Gasteiger partial charge in [0.25, 0.3) is 5.03 Å². The maximum atomic E-state index is 12.2. The largest absolute Gasteiger partial charge is 0.618 e. The first-order valence-corrected chi connectivity index (χ1v) is 9.85. The van der Waals surface area contributed by atoms with Crippen LogP contribution in [0.1, 0.15) is 0 Å². The van der Waals surface area contributed by atoms with E-state index in [-0.39, 0.29) is 21.4 Å². The van der Waals surface area contributed by atoms with E-state index in [1.807, 2.05) is 0 Å². The lowest BCUT2D eigenvalue weighted by atomic mass is 10.3. The van der Waals surface area contributed by atoms with Crippen LogP contribution in [0, 0.1) is 5.21 Å². The molecule has 0 unspecified atom stereocenters. The van der Waals surface area contributed by atoms with Crippen LogP contribution in [-0.2, 0) is 14.8 Å². The molecule has 1 aromatic carbocycles. The summed E-state index contributed by atoms with van der Waals surface area (Å²) in [5.41, 5.74) is 0.193. The highest BCUT2D eigenvalue weighted by Crippen LogP contribution is 2.26. The molecule has 0 saturated carbocycles. The third kappa shape index (κ3) is 4.85. The first-order chi connectivity index (χ1) is 11.7. The Bertz CT molecular complexity index is 888. The second kappa shape index (κ2) is 8.05. The van der Waals surface area contributed by atoms with E-state index in [4.69, 9.17) is 11.6 Å². The van der Waals surface area contributed by atoms with Crippen molar-refractivity contribution in [1.82, 2.24) is 4.31 Å². The summed E-state index contributed by atoms with van der Waals surface area (Å²) in [6, 6.07) is 8.96. The molecule has 0 aliphatic heterocycles. The maximum Gasteiger partial charge on any atom is 0.251 e. The number of anilines is 1. The molecule has 1 amide bonds. The molecule has 0 fully saturated rings. The molecule has 7 nitrogen and oxygen atoms in total. The number of sulfonamides is 1. The van der Waals surface area contributed by atoms with E-state index in [9.17, 15) is 18.4 Å². The number of carbonyl (C=O) groups excluding carboxylic acids is 1. The van der Waals surface area contributed by atoms with Gasteiger partial charge in [-0.1, -0.05) is 11.6 Å². The van der Waals surface area contributed by atoms with Crippen LogP contribution < -0.4 is 10.0 Å². The van der Waals surface area contributed by atoms with Crippen molar-refractivity contribution in [2.45, 2.75) is 9.92 Å². The lowest BCUT2D eigenvalue weighted by molar-refractivity contribution is -0.645. The highest BCUT2D eigenvalue weighted by atomic mass is 35.5. The molecular formula is C15H16ClN3O4S2. The molecule has 0 atom stereocenters. The van der Waals surface area contributed by atoms with Crippen molar-refractivity contribution in [2.75, 3.05) is 25.2 Å². The first-order valence-electron chi connectivity index (χ1n) is 7.05. The number of rotatable bonds is 6. The first kappa shape index (κ1) is 19.5. The Kier molecular flexibility index (Phi) is 6.28. The van der Waals surface area contributed by atoms with Crippen LogP contribution in [-0.4, -0.2) is 38.5 Å². The Hall–Kier alpha value is -1.81. The summed E-state index contributed by atoms with van der Waals surface area (Å²) >= 11 is 7.09. The van der Waals surface area contributed by atoms with E-state index >= 15 is 0 Å². The van der Waals surface area contributed by atoms with E-state index in [1.165, 1.54) is 38.5 Å². The van der Waals surface area contributed by atoms with E-state index in [1.54, 1.807) is 18.2 Å². The third-order valence-electron chi connectivity index (χ3n) is 3.13. The number of nitrogens with one attached hydrogen (secondary N) is 1. The number of carbonyl (C=O) groups is 1. The Balaban J connectivity index is 2.12. The Morgan fingerprint density at radius 1 is 1.32 bits per heavy atom. The summed E-state index contributed by atoms with van der Waals surface area (Å²) in [7, 11) is -0.812. The van der Waals surface area contributed by atoms with Crippen LogP contribution in [0.3, 0.4) is 0 Å². The van der Waals surface area contributed by atoms with Gasteiger partial charge in [-0.15, -0.1) is 0 Å². The fourth-order valence-electron chi connectivity index (χ4n) is 1.82. The standard InChI is InChI=1S/C15H16ClN3O4S2/c1-18(2)25(22,23)11-6-7-12(16)13(9-11)17-14(20)10-24-15-5-3-4-8-19(15)21/h3-9H,10H2,1-2H3,(H,17,20). The highest BCUT2D eigenvalue weighted by Gasteiger charge is 2.19. The maximum absolute atomic E-state index is 12.2. The number of hydrogen-bond donors (Lipinski definition) is 1. The van der Waals surface area contributed by atoms with Gasteiger partial charge >= 0.3 is 0 Å². The van der Waals surface area contributed by atoms with Crippen LogP contribution in [0.2, 0.25) is 5.02 Å². The second-order valence-corrected chi connectivity index (χ2v) is 8.69. The second-order valence-electron chi connectivity index (χ2n) is 5.13. The van der Waals surface area contributed by atoms with Crippen LogP contribution in [0.4, 0.5) is 5.69 Å². The number of thioether (sulfide) groups is 1. The van der Waals surface area contributed by atoms with Crippen LogP contribution in [0.15, 0.2) is 52.5 Å². The minimum absolute atomic E-state index is 0.0188. The van der Waals surface area contributed by atoms with Crippen molar-refractivity contribution in [1.29, 1.82) is 0 Å². The predicted octanol–water partition coefficient (Wildman–Crippen LogP) is 1.95. The van der Waals surface area contributed by atoms with Crippen LogP contribution >= 0.6 is 23.4 Å². The molecule has 10 heteroatoms. The highest BCUT2D eigenvalue weighted by molar-refractivity contribution is 7.99. The fourth-order valence-corrected chi connectivity index (χ4v) is 3.63. The topological polar surface area (TPSA) is 93.4 Å². The van der Waals surface area contributed by atoms with E-state index < -0.39 is 15.9 Å². The summed E-state index contributed by atoms with van der Waals surface area (Å²) in [5.74, 6) is -0.428. The lowest BCUT2D eigenvalue weighted by Gasteiger charge is -2.13. The molecule has 0 saturated heterocycles. The molecule has 0 aliphatic rings. The molecule has 0 radical (unpaired) electrons. The summed E-state index contributed by atoms with van der Waals surface area (Å²) in [4.78, 5) is 12.1. The van der Waals surface area contributed by atoms with Crippen molar-refractivity contribution in [3.05, 3.63) is 52.8 Å². The van der Waals surface area contributed by atoms with Crippen molar-refractivity contribution in [2.24, 2.45) is 0 Å². The fraction of sp³-hybridized carbons (Fsp3) is 0.200. The van der Waals surface area contributed by atoms with Gasteiger partial charge in [0.05, 0.1) is 21.4 Å². The van der Waals surface area contributed by atoms with Gasteiger partial charge in [0, 0.05) is 26.2 Å². The SMILES string of the molecule is CN(C)S(=O)(=O)c1ccc(Cl)c(NC(=O)CSc2cccc[n+]2[O-])c1. The molecule has 1 N–H and O–H groups in total. The predicted molar refractivity (Wildman–Crippen MR) is 97.1 cm³/mol. The van der Waals surface area contributed by atoms with Gasteiger partial charge in [-0.2, -0.15) is 4.73 Å². The van der Waals surface area contributed by atoms with Gasteiger partial charge < -0.3 is 10.5 Å². The monoisotopic (exact) mass is 401 g/mol. The molecule has 2 aromatic rings. The van der Waals surface area contributed by atoms with E-state index in [2.05, 4.69) is 5.32 Å². The minimum Gasteiger partial charge on any atom is -0.618 e. The zero-order chi connectivity index (χ0) is 18.6. The average molecular weight is 402 g/mol. The third-order valence-corrected chi connectivity index (χ3v) is 6.29. The molecule has 1 aromatic heterocycles. The smallest absolute Gasteiger partial charge is 0.251 e. The Morgan fingerprint density at radius 3 is 2.68 bits per heavy atom. The van der Waals surface area contributed by atoms with Gasteiger partial charge in [0.15, 0.2) is 6.20 Å². The number of pyridine rings is 1. The van der Waals surface area contributed by atoms with Crippen molar-refractivity contribution in [3.63, 3.8) is 0 Å². The van der Waals surface area contributed by atoms with Gasteiger partial charge in [0.1, 0.15) is 0 Å². The van der Waals surface area contributed by atoms with Gasteiger partial charge in [-0.3, -0.25) is 4.79 Å². The van der Waals surface area contributed by atoms with Gasteiger partial charge in [-0.25, -0.2) is 12.7 Å². The van der Waals surface area contributed by atoms with Crippen molar-refractivity contribution < 1.29 is 17.9 Å². The molecule has 0 aliphatic carbocycles. The molecule has 0 bridgehead atoms. The quantitative estimate of drug-likeness (QED) is 0.453. The average Bonchev–Trinajstić information content (AvgIpc) is 2.55. The lowest BCUT2D eigenvalue weighted by Crippen LogP contribution is -2.28. The number of benzene rings is 1. The van der Waals surface area contributed by atoms with Gasteiger partial charge in [-0.05, 0) is 36.0 Å². The van der Waals surface area contributed by atoms with Crippen molar-refractivity contribution in [3.8, 4) is 0 Å². The summed E-state index contributed by atoms with van der Waals surface area (Å²) < 4.78 is 26.0. The number of halogens is 1. The Labute approximate surface area is 155 Å². The summed E-state index contributed by atoms with van der Waals surface area (Å²) in [6.07, 6.45) is 1.34. The minimum atomic E-state index is -3.64. The van der Waals surface area contributed by atoms with Crippen molar-refractivity contribution >= 4 is 45.0 Å². The molecule has 1 heterocycles. The number of amides is 1. The number of nitrogens with zero attached hydrogens (tertiary/aromatic N) is 2. The van der Waals surface area contributed by atoms with E-state index in [0.717, 1.165) is 16.1 Å². The summed E-state index contributed by atoms with van der Waals surface area (Å²) in [6.45, 7) is 0. The molecule has 134 valence electrons. The van der Waals surface area contributed by atoms with E-state index in [0.29, 0.717) is 9.76 Å². The number of aromatic nitrogens is 1. The van der Waals surface area contributed by atoms with Crippen LogP contribution in [0.5, 0.6) is 0 Å². The zero-order valence-electron chi connectivity index (χ0n) is 13.5. The molecule has 2 rings (SSSR count). The molecule has 0 spiro atoms.